The van der Waals surface area contributed by atoms with Crippen LogP contribution in [0.1, 0.15) is 12.5 Å². The Kier molecular flexibility index (Phi) is 5.49. The summed E-state index contributed by atoms with van der Waals surface area (Å²) >= 11 is 0. The van der Waals surface area contributed by atoms with Gasteiger partial charge in [0.2, 0.25) is 0 Å². The lowest BCUT2D eigenvalue weighted by Crippen LogP contribution is -2.30. The summed E-state index contributed by atoms with van der Waals surface area (Å²) in [6.45, 7) is 4.91. The highest BCUT2D eigenvalue weighted by atomic mass is 16.6. The summed E-state index contributed by atoms with van der Waals surface area (Å²) in [5.41, 5.74) is 0.810. The molecule has 2 rings (SSSR count). The Balaban J connectivity index is 1.99. The number of rotatable bonds is 7. The van der Waals surface area contributed by atoms with E-state index in [0.29, 0.717) is 32.0 Å². The highest BCUT2D eigenvalue weighted by Gasteiger charge is 2.24. The summed E-state index contributed by atoms with van der Waals surface area (Å²) in [4.78, 5) is 10.4. The van der Waals surface area contributed by atoms with Crippen molar-refractivity contribution >= 4 is 5.69 Å². The second-order valence-corrected chi connectivity index (χ2v) is 5.10. The van der Waals surface area contributed by atoms with Crippen molar-refractivity contribution in [3.8, 4) is 5.75 Å². The summed E-state index contributed by atoms with van der Waals surface area (Å²) in [6, 6.07) is 4.60. The molecule has 2 unspecified atom stereocenters. The molecule has 0 saturated carbocycles. The van der Waals surface area contributed by atoms with Gasteiger partial charge in [-0.05, 0) is 13.0 Å². The average molecular weight is 295 g/mol. The van der Waals surface area contributed by atoms with E-state index in [1.54, 1.807) is 6.07 Å². The van der Waals surface area contributed by atoms with Gasteiger partial charge >= 0.3 is 0 Å². The number of non-ortho nitro benzene ring substituents is 1. The zero-order valence-corrected chi connectivity index (χ0v) is 12.0. The molecule has 0 radical (unpaired) electrons. The molecule has 0 amide bonds. The van der Waals surface area contributed by atoms with Gasteiger partial charge in [0.1, 0.15) is 5.75 Å². The number of aliphatic hydroxyl groups excluding tert-OH is 1. The van der Waals surface area contributed by atoms with Crippen molar-refractivity contribution in [3.63, 3.8) is 0 Å². The van der Waals surface area contributed by atoms with Gasteiger partial charge in [0.25, 0.3) is 5.69 Å². The maximum absolute atomic E-state index is 10.9. The van der Waals surface area contributed by atoms with Gasteiger partial charge in [-0.1, -0.05) is 0 Å². The highest BCUT2D eigenvalue weighted by molar-refractivity contribution is 5.43. The molecule has 1 saturated heterocycles. The SMILES string of the molecule is CCOc1ccc([N+](=O)[O-])cc1CNCC1CNCC1O. The van der Waals surface area contributed by atoms with Crippen LogP contribution in [0, 0.1) is 16.0 Å². The molecule has 1 aromatic rings. The van der Waals surface area contributed by atoms with Gasteiger partial charge in [-0.15, -0.1) is 0 Å². The summed E-state index contributed by atoms with van der Waals surface area (Å²) in [5, 5.41) is 26.9. The second kappa shape index (κ2) is 7.35. The zero-order chi connectivity index (χ0) is 15.2. The van der Waals surface area contributed by atoms with E-state index in [4.69, 9.17) is 4.74 Å². The molecule has 1 aliphatic heterocycles. The summed E-state index contributed by atoms with van der Waals surface area (Å²) in [7, 11) is 0. The first-order chi connectivity index (χ1) is 10.1. The Morgan fingerprint density at radius 2 is 2.33 bits per heavy atom. The molecule has 116 valence electrons. The lowest BCUT2D eigenvalue weighted by atomic mass is 10.1. The number of ether oxygens (including phenoxy) is 1. The maximum Gasteiger partial charge on any atom is 0.270 e. The van der Waals surface area contributed by atoms with E-state index < -0.39 is 4.92 Å². The van der Waals surface area contributed by atoms with Gasteiger partial charge in [-0.2, -0.15) is 0 Å². The first-order valence-electron chi connectivity index (χ1n) is 7.11. The minimum absolute atomic E-state index is 0.0535. The van der Waals surface area contributed by atoms with Gasteiger partial charge in [-0.25, -0.2) is 0 Å². The number of hydrogen-bond donors (Lipinski definition) is 3. The number of nitro groups is 1. The van der Waals surface area contributed by atoms with Gasteiger partial charge in [-0.3, -0.25) is 10.1 Å². The Morgan fingerprint density at radius 1 is 1.52 bits per heavy atom. The molecular weight excluding hydrogens is 274 g/mol. The molecule has 0 spiro atoms. The van der Waals surface area contributed by atoms with Crippen LogP contribution in [0.15, 0.2) is 18.2 Å². The Labute approximate surface area is 123 Å². The fourth-order valence-corrected chi connectivity index (χ4v) is 2.43. The number of nitrogens with zero attached hydrogens (tertiary/aromatic N) is 1. The van der Waals surface area contributed by atoms with E-state index in [0.717, 1.165) is 12.1 Å². The summed E-state index contributed by atoms with van der Waals surface area (Å²) in [6.07, 6.45) is -0.339. The maximum atomic E-state index is 10.9. The van der Waals surface area contributed by atoms with Crippen molar-refractivity contribution in [1.82, 2.24) is 10.6 Å². The summed E-state index contributed by atoms with van der Waals surface area (Å²) < 4.78 is 5.49. The Morgan fingerprint density at radius 3 is 2.95 bits per heavy atom. The van der Waals surface area contributed by atoms with Gasteiger partial charge in [0.15, 0.2) is 0 Å². The van der Waals surface area contributed by atoms with Crippen LogP contribution in [0.5, 0.6) is 5.75 Å². The predicted molar refractivity (Wildman–Crippen MR) is 78.3 cm³/mol. The number of benzene rings is 1. The van der Waals surface area contributed by atoms with E-state index in [9.17, 15) is 15.2 Å². The smallest absolute Gasteiger partial charge is 0.270 e. The molecular formula is C14H21N3O4. The molecule has 3 N–H and O–H groups in total. The lowest BCUT2D eigenvalue weighted by Gasteiger charge is -2.15. The normalized spacial score (nSPS) is 21.4. The van der Waals surface area contributed by atoms with Crippen molar-refractivity contribution in [3.05, 3.63) is 33.9 Å². The van der Waals surface area contributed by atoms with Gasteiger partial charge in [0, 0.05) is 49.8 Å². The first kappa shape index (κ1) is 15.7. The average Bonchev–Trinajstić information content (AvgIpc) is 2.86. The molecule has 21 heavy (non-hydrogen) atoms. The largest absolute Gasteiger partial charge is 0.494 e. The monoisotopic (exact) mass is 295 g/mol. The minimum atomic E-state index is -0.413. The third-order valence-electron chi connectivity index (χ3n) is 3.58. The van der Waals surface area contributed by atoms with E-state index in [-0.39, 0.29) is 17.7 Å². The summed E-state index contributed by atoms with van der Waals surface area (Å²) in [5.74, 6) is 0.819. The molecule has 0 aliphatic carbocycles. The first-order valence-corrected chi connectivity index (χ1v) is 7.11. The number of aliphatic hydroxyl groups is 1. The molecule has 1 aliphatic rings. The van der Waals surface area contributed by atoms with Crippen LogP contribution < -0.4 is 15.4 Å². The number of nitro benzene ring substituents is 1. The Bertz CT molecular complexity index is 495. The van der Waals surface area contributed by atoms with Gasteiger partial charge in [0.05, 0.1) is 17.6 Å². The third kappa shape index (κ3) is 4.13. The molecule has 2 atom stereocenters. The quantitative estimate of drug-likeness (QED) is 0.505. The topological polar surface area (TPSA) is 96.7 Å². The molecule has 0 aromatic heterocycles. The van der Waals surface area contributed by atoms with Crippen LogP contribution in [0.3, 0.4) is 0 Å². The van der Waals surface area contributed by atoms with Crippen molar-refractivity contribution < 1.29 is 14.8 Å². The van der Waals surface area contributed by atoms with Crippen LogP contribution in [0.4, 0.5) is 5.69 Å². The fourth-order valence-electron chi connectivity index (χ4n) is 2.43. The standard InChI is InChI=1S/C14H21N3O4/c1-2-21-14-4-3-12(17(19)20)5-10(14)6-15-7-11-8-16-9-13(11)18/h3-5,11,13,15-16,18H,2,6-9H2,1H3. The molecule has 1 heterocycles. The predicted octanol–water partition coefficient (Wildman–Crippen LogP) is 0.663. The minimum Gasteiger partial charge on any atom is -0.494 e. The molecule has 7 nitrogen and oxygen atoms in total. The van der Waals surface area contributed by atoms with Crippen molar-refractivity contribution in [2.45, 2.75) is 19.6 Å². The molecule has 1 aromatic carbocycles. The van der Waals surface area contributed by atoms with Crippen LogP contribution >= 0.6 is 0 Å². The van der Waals surface area contributed by atoms with Crippen molar-refractivity contribution in [2.75, 3.05) is 26.2 Å². The van der Waals surface area contributed by atoms with Crippen LogP contribution in [-0.2, 0) is 6.54 Å². The fraction of sp³-hybridized carbons (Fsp3) is 0.571. The zero-order valence-electron chi connectivity index (χ0n) is 12.0. The highest BCUT2D eigenvalue weighted by Crippen LogP contribution is 2.24. The lowest BCUT2D eigenvalue weighted by molar-refractivity contribution is -0.384. The molecule has 0 bridgehead atoms. The number of nitrogens with one attached hydrogen (secondary N) is 2. The van der Waals surface area contributed by atoms with E-state index in [2.05, 4.69) is 10.6 Å². The Hall–Kier alpha value is -1.70. The van der Waals surface area contributed by atoms with Crippen molar-refractivity contribution in [1.29, 1.82) is 0 Å². The second-order valence-electron chi connectivity index (χ2n) is 5.10. The van der Waals surface area contributed by atoms with Crippen LogP contribution in [0.25, 0.3) is 0 Å². The van der Waals surface area contributed by atoms with Crippen LogP contribution in [0.2, 0.25) is 0 Å². The number of β-amino-alcohol motifs (C(OH)–C–C–N with tert-alkyl or cyclic N) is 1. The van der Waals surface area contributed by atoms with E-state index in [1.807, 2.05) is 6.92 Å². The van der Waals surface area contributed by atoms with Crippen LogP contribution in [-0.4, -0.2) is 42.4 Å². The number of hydrogen-bond acceptors (Lipinski definition) is 6. The third-order valence-corrected chi connectivity index (χ3v) is 3.58. The van der Waals surface area contributed by atoms with E-state index >= 15 is 0 Å². The van der Waals surface area contributed by atoms with E-state index in [1.165, 1.54) is 12.1 Å². The molecule has 1 fully saturated rings. The van der Waals surface area contributed by atoms with Crippen molar-refractivity contribution in [2.24, 2.45) is 5.92 Å². The molecule has 7 heteroatoms. The van der Waals surface area contributed by atoms with Gasteiger partial charge < -0.3 is 20.5 Å².